The number of nitrogens with zero attached hydrogens (tertiary/aromatic N) is 2. The van der Waals surface area contributed by atoms with Gasteiger partial charge in [-0.1, -0.05) is 11.6 Å². The summed E-state index contributed by atoms with van der Waals surface area (Å²) in [6.07, 6.45) is -4.39. The Morgan fingerprint density at radius 3 is 2.41 bits per heavy atom. The van der Waals surface area contributed by atoms with E-state index in [9.17, 15) is 21.6 Å². The Kier molecular flexibility index (Phi) is 6.77. The Hall–Kier alpha value is -1.78. The van der Waals surface area contributed by atoms with Crippen molar-refractivity contribution in [1.29, 1.82) is 0 Å². The summed E-state index contributed by atoms with van der Waals surface area (Å²) in [5.74, 6) is 0.558. The Morgan fingerprint density at radius 2 is 1.89 bits per heavy atom. The van der Waals surface area contributed by atoms with Crippen molar-refractivity contribution in [3.8, 4) is 5.75 Å². The van der Waals surface area contributed by atoms with E-state index < -0.39 is 26.9 Å². The number of aromatic nitrogens is 2. The summed E-state index contributed by atoms with van der Waals surface area (Å²) in [6.45, 7) is 3.84. The van der Waals surface area contributed by atoms with Crippen LogP contribution in [0.5, 0.6) is 5.75 Å². The minimum Gasteiger partial charge on any atom is -0.494 e. The van der Waals surface area contributed by atoms with E-state index in [4.69, 9.17) is 16.3 Å². The maximum atomic E-state index is 12.8. The molecule has 1 N–H and O–H groups in total. The molecule has 0 atom stereocenters. The summed E-state index contributed by atoms with van der Waals surface area (Å²) in [4.78, 5) is 0.0728. The van der Waals surface area contributed by atoms with Crippen LogP contribution in [0.2, 0.25) is 5.02 Å². The molecule has 2 aromatic rings. The van der Waals surface area contributed by atoms with E-state index in [2.05, 4.69) is 9.82 Å². The molecule has 0 amide bonds. The summed E-state index contributed by atoms with van der Waals surface area (Å²) < 4.78 is 71.6. The molecule has 0 aliphatic heterocycles. The zero-order valence-electron chi connectivity index (χ0n) is 14.7. The summed E-state index contributed by atoms with van der Waals surface area (Å²) >= 11 is 5.67. The van der Waals surface area contributed by atoms with E-state index in [0.717, 1.165) is 4.68 Å². The average molecular weight is 426 g/mol. The third kappa shape index (κ3) is 5.36. The predicted octanol–water partition coefficient (Wildman–Crippen LogP) is 3.63. The molecule has 1 heterocycles. The van der Waals surface area contributed by atoms with Crippen molar-refractivity contribution in [3.05, 3.63) is 40.7 Å². The highest BCUT2D eigenvalue weighted by Gasteiger charge is 2.38. The molecule has 0 aliphatic carbocycles. The highest BCUT2D eigenvalue weighted by atomic mass is 35.5. The molecule has 0 fully saturated rings. The van der Waals surface area contributed by atoms with Crippen LogP contribution >= 0.6 is 11.6 Å². The molecule has 0 spiro atoms. The molecule has 0 saturated carbocycles. The number of ether oxygens (including phenoxy) is 1. The van der Waals surface area contributed by atoms with E-state index in [-0.39, 0.29) is 30.1 Å². The molecule has 0 aliphatic rings. The summed E-state index contributed by atoms with van der Waals surface area (Å²) in [7, 11) is -3.72. The van der Waals surface area contributed by atoms with Crippen molar-refractivity contribution >= 4 is 21.6 Å². The minimum atomic E-state index is -4.64. The SMILES string of the molecule is CCOc1ccc(S(=O)(=O)NCCCn2nc(C(F)(F)F)c(Cl)c2C)cc1. The molecule has 0 bridgehead atoms. The van der Waals surface area contributed by atoms with Gasteiger partial charge in [0.05, 0.1) is 22.2 Å². The van der Waals surface area contributed by atoms with Crippen molar-refractivity contribution < 1.29 is 26.3 Å². The first-order valence-corrected chi connectivity index (χ1v) is 9.95. The van der Waals surface area contributed by atoms with Gasteiger partial charge < -0.3 is 4.74 Å². The second-order valence-corrected chi connectivity index (χ2v) is 7.77. The number of benzene rings is 1. The highest BCUT2D eigenvalue weighted by molar-refractivity contribution is 7.89. The standard InChI is InChI=1S/C16H19ClF3N3O3S/c1-3-26-12-5-7-13(8-6-12)27(24,25)21-9-4-10-23-11(2)14(17)15(22-23)16(18,19)20/h5-8,21H,3-4,9-10H2,1-2H3. The van der Waals surface area contributed by atoms with Gasteiger partial charge in [-0.25, -0.2) is 13.1 Å². The molecular weight excluding hydrogens is 407 g/mol. The van der Waals surface area contributed by atoms with E-state index in [1.165, 1.54) is 19.1 Å². The number of alkyl halides is 3. The van der Waals surface area contributed by atoms with Gasteiger partial charge in [0.15, 0.2) is 5.69 Å². The van der Waals surface area contributed by atoms with Gasteiger partial charge in [0, 0.05) is 13.1 Å². The molecule has 1 aromatic heterocycles. The van der Waals surface area contributed by atoms with Gasteiger partial charge in [-0.3, -0.25) is 4.68 Å². The predicted molar refractivity (Wildman–Crippen MR) is 94.4 cm³/mol. The van der Waals surface area contributed by atoms with Gasteiger partial charge in [0.2, 0.25) is 10.0 Å². The Balaban J connectivity index is 1.94. The van der Waals surface area contributed by atoms with Crippen LogP contribution in [0.3, 0.4) is 0 Å². The largest absolute Gasteiger partial charge is 0.494 e. The van der Waals surface area contributed by atoms with Gasteiger partial charge in [-0.15, -0.1) is 0 Å². The molecule has 1 aromatic carbocycles. The number of hydrogen-bond acceptors (Lipinski definition) is 4. The number of aryl methyl sites for hydroxylation is 1. The topological polar surface area (TPSA) is 73.2 Å². The van der Waals surface area contributed by atoms with Gasteiger partial charge in [0.25, 0.3) is 0 Å². The monoisotopic (exact) mass is 425 g/mol. The summed E-state index contributed by atoms with van der Waals surface area (Å²) in [5.41, 5.74) is -0.963. The van der Waals surface area contributed by atoms with E-state index in [1.807, 2.05) is 6.92 Å². The van der Waals surface area contributed by atoms with Crippen LogP contribution in [0.25, 0.3) is 0 Å². The van der Waals surface area contributed by atoms with Crippen LogP contribution in [-0.4, -0.2) is 31.3 Å². The van der Waals surface area contributed by atoms with Crippen LogP contribution < -0.4 is 9.46 Å². The first kappa shape index (κ1) is 21.5. The van der Waals surface area contributed by atoms with Crippen LogP contribution in [-0.2, 0) is 22.7 Å². The lowest BCUT2D eigenvalue weighted by Gasteiger charge is -2.09. The Morgan fingerprint density at radius 1 is 1.26 bits per heavy atom. The van der Waals surface area contributed by atoms with Crippen molar-refractivity contribution in [2.24, 2.45) is 0 Å². The van der Waals surface area contributed by atoms with E-state index in [0.29, 0.717) is 12.4 Å². The number of hydrogen-bond donors (Lipinski definition) is 1. The normalized spacial score (nSPS) is 12.4. The zero-order valence-corrected chi connectivity index (χ0v) is 16.2. The van der Waals surface area contributed by atoms with E-state index in [1.54, 1.807) is 12.1 Å². The van der Waals surface area contributed by atoms with E-state index >= 15 is 0 Å². The first-order chi connectivity index (χ1) is 12.6. The molecule has 2 rings (SSSR count). The van der Waals surface area contributed by atoms with Gasteiger partial charge in [-0.05, 0) is 44.5 Å². The lowest BCUT2D eigenvalue weighted by atomic mass is 10.3. The second kappa shape index (κ2) is 8.49. The Bertz CT molecular complexity index is 881. The number of rotatable bonds is 8. The average Bonchev–Trinajstić information content (AvgIpc) is 2.88. The highest BCUT2D eigenvalue weighted by Crippen LogP contribution is 2.35. The number of nitrogens with one attached hydrogen (secondary N) is 1. The second-order valence-electron chi connectivity index (χ2n) is 5.62. The quantitative estimate of drug-likeness (QED) is 0.655. The van der Waals surface area contributed by atoms with Crippen LogP contribution in [0.4, 0.5) is 13.2 Å². The fourth-order valence-electron chi connectivity index (χ4n) is 2.32. The van der Waals surface area contributed by atoms with Gasteiger partial charge in [0.1, 0.15) is 5.75 Å². The molecule has 0 radical (unpaired) electrons. The fourth-order valence-corrected chi connectivity index (χ4v) is 3.64. The fraction of sp³-hybridized carbons (Fsp3) is 0.438. The minimum absolute atomic E-state index is 0.0355. The molecule has 0 unspecified atom stereocenters. The summed E-state index contributed by atoms with van der Waals surface area (Å²) in [6, 6.07) is 5.93. The third-order valence-corrected chi connectivity index (χ3v) is 5.62. The van der Waals surface area contributed by atoms with Crippen LogP contribution in [0.1, 0.15) is 24.7 Å². The van der Waals surface area contributed by atoms with Crippen LogP contribution in [0, 0.1) is 6.92 Å². The van der Waals surface area contributed by atoms with Crippen molar-refractivity contribution in [2.75, 3.05) is 13.2 Å². The first-order valence-electron chi connectivity index (χ1n) is 8.09. The smallest absolute Gasteiger partial charge is 0.436 e. The Labute approximate surface area is 160 Å². The van der Waals surface area contributed by atoms with Crippen molar-refractivity contribution in [2.45, 2.75) is 37.9 Å². The zero-order chi connectivity index (χ0) is 20.2. The van der Waals surface area contributed by atoms with Crippen molar-refractivity contribution in [3.63, 3.8) is 0 Å². The maximum Gasteiger partial charge on any atom is 0.436 e. The molecule has 11 heteroatoms. The van der Waals surface area contributed by atoms with Gasteiger partial charge >= 0.3 is 6.18 Å². The lowest BCUT2D eigenvalue weighted by molar-refractivity contribution is -0.141. The molecular formula is C16H19ClF3N3O3S. The maximum absolute atomic E-state index is 12.8. The molecule has 0 saturated heterocycles. The summed E-state index contributed by atoms with van der Waals surface area (Å²) in [5, 5.41) is 3.02. The van der Waals surface area contributed by atoms with Crippen molar-refractivity contribution in [1.82, 2.24) is 14.5 Å². The van der Waals surface area contributed by atoms with Crippen LogP contribution in [0.15, 0.2) is 29.2 Å². The molecule has 27 heavy (non-hydrogen) atoms. The number of sulfonamides is 1. The number of halogens is 4. The molecule has 150 valence electrons. The molecule has 6 nitrogen and oxygen atoms in total. The lowest BCUT2D eigenvalue weighted by Crippen LogP contribution is -2.25. The van der Waals surface area contributed by atoms with Gasteiger partial charge in [-0.2, -0.15) is 18.3 Å². The third-order valence-electron chi connectivity index (χ3n) is 3.69.